The highest BCUT2D eigenvalue weighted by atomic mass is 16.2. The summed E-state index contributed by atoms with van der Waals surface area (Å²) in [5.74, 6) is 0. The Morgan fingerprint density at radius 2 is 0.933 bits per heavy atom. The zero-order valence-corrected chi connectivity index (χ0v) is 17.4. The zero-order valence-electron chi connectivity index (χ0n) is 17.4. The van der Waals surface area contributed by atoms with Crippen molar-refractivity contribution in [3.63, 3.8) is 0 Å². The lowest BCUT2D eigenvalue weighted by Crippen LogP contribution is -2.55. The number of rotatable bonds is 4. The first-order valence-corrected chi connectivity index (χ1v) is 10.8. The zero-order chi connectivity index (χ0) is 20.6. The highest BCUT2D eigenvalue weighted by Gasteiger charge is 2.26. The van der Waals surface area contributed by atoms with Crippen LogP contribution >= 0.6 is 0 Å². The summed E-state index contributed by atoms with van der Waals surface area (Å²) in [4.78, 5) is 21.5. The van der Waals surface area contributed by atoms with Crippen LogP contribution in [-0.4, -0.2) is 78.0 Å². The standard InChI is InChI=1S/C25H30N4O/c30-25(28-19-15-26(16-20-28)13-11-23-7-3-1-4-8-23)29-21-17-27(18-22-29)14-12-24-9-5-2-6-10-24/h1-14H,15-22H2. The maximum atomic E-state index is 12.9. The second-order valence-corrected chi connectivity index (χ2v) is 7.78. The molecule has 0 atom stereocenters. The van der Waals surface area contributed by atoms with E-state index in [4.69, 9.17) is 0 Å². The van der Waals surface area contributed by atoms with Crippen LogP contribution in [-0.2, 0) is 0 Å². The molecule has 0 aromatic heterocycles. The highest BCUT2D eigenvalue weighted by Crippen LogP contribution is 2.12. The van der Waals surface area contributed by atoms with Crippen LogP contribution in [0, 0.1) is 0 Å². The second-order valence-electron chi connectivity index (χ2n) is 7.78. The Kier molecular flexibility index (Phi) is 6.70. The van der Waals surface area contributed by atoms with Gasteiger partial charge in [-0.15, -0.1) is 0 Å². The van der Waals surface area contributed by atoms with Crippen LogP contribution in [0.3, 0.4) is 0 Å². The van der Waals surface area contributed by atoms with Gasteiger partial charge in [-0.25, -0.2) is 4.79 Å². The van der Waals surface area contributed by atoms with Crippen molar-refractivity contribution in [3.05, 3.63) is 84.2 Å². The van der Waals surface area contributed by atoms with Crippen LogP contribution in [0.5, 0.6) is 0 Å². The van der Waals surface area contributed by atoms with E-state index in [0.717, 1.165) is 52.4 Å². The molecular weight excluding hydrogens is 372 g/mol. The molecular formula is C25H30N4O. The summed E-state index contributed by atoms with van der Waals surface area (Å²) in [6.45, 7) is 6.67. The number of hydrogen-bond donors (Lipinski definition) is 0. The SMILES string of the molecule is O=C(N1CCN(C=Cc2ccccc2)CC1)N1CCN(C=Cc2ccccc2)CC1. The molecule has 2 saturated heterocycles. The van der Waals surface area contributed by atoms with E-state index in [0.29, 0.717) is 0 Å². The Morgan fingerprint density at radius 1 is 0.567 bits per heavy atom. The number of amides is 2. The topological polar surface area (TPSA) is 30.0 Å². The van der Waals surface area contributed by atoms with Crippen LogP contribution in [0.2, 0.25) is 0 Å². The van der Waals surface area contributed by atoms with Gasteiger partial charge in [-0.1, -0.05) is 60.7 Å². The molecule has 2 aliphatic heterocycles. The van der Waals surface area contributed by atoms with Gasteiger partial charge in [0.1, 0.15) is 0 Å². The first-order chi connectivity index (χ1) is 14.8. The maximum Gasteiger partial charge on any atom is 0.320 e. The molecule has 2 heterocycles. The van der Waals surface area contributed by atoms with Gasteiger partial charge in [-0.2, -0.15) is 0 Å². The summed E-state index contributed by atoms with van der Waals surface area (Å²) < 4.78 is 0. The van der Waals surface area contributed by atoms with Gasteiger partial charge in [-0.05, 0) is 35.7 Å². The Labute approximate surface area is 179 Å². The number of nitrogens with zero attached hydrogens (tertiary/aromatic N) is 4. The van der Waals surface area contributed by atoms with Crippen LogP contribution in [0.15, 0.2) is 73.1 Å². The van der Waals surface area contributed by atoms with E-state index in [1.807, 2.05) is 46.2 Å². The molecule has 5 heteroatoms. The molecule has 0 radical (unpaired) electrons. The van der Waals surface area contributed by atoms with Crippen molar-refractivity contribution >= 4 is 18.2 Å². The van der Waals surface area contributed by atoms with E-state index in [1.165, 1.54) is 11.1 Å². The molecule has 0 spiro atoms. The van der Waals surface area contributed by atoms with Crippen molar-refractivity contribution in [1.82, 2.24) is 19.6 Å². The van der Waals surface area contributed by atoms with E-state index in [2.05, 4.69) is 58.6 Å². The molecule has 2 fully saturated rings. The van der Waals surface area contributed by atoms with Crippen molar-refractivity contribution in [2.75, 3.05) is 52.4 Å². The van der Waals surface area contributed by atoms with E-state index in [9.17, 15) is 4.79 Å². The number of benzene rings is 2. The largest absolute Gasteiger partial charge is 0.374 e. The van der Waals surface area contributed by atoms with Gasteiger partial charge >= 0.3 is 6.03 Å². The van der Waals surface area contributed by atoms with Crippen molar-refractivity contribution in [3.8, 4) is 0 Å². The molecule has 30 heavy (non-hydrogen) atoms. The number of hydrogen-bond acceptors (Lipinski definition) is 3. The van der Waals surface area contributed by atoms with Crippen molar-refractivity contribution in [2.45, 2.75) is 0 Å². The number of piperazine rings is 2. The first-order valence-electron chi connectivity index (χ1n) is 10.8. The third-order valence-electron chi connectivity index (χ3n) is 5.72. The minimum atomic E-state index is 0.188. The van der Waals surface area contributed by atoms with Crippen molar-refractivity contribution in [1.29, 1.82) is 0 Å². The van der Waals surface area contributed by atoms with Crippen molar-refractivity contribution < 1.29 is 4.79 Å². The number of carbonyl (C=O) groups excluding carboxylic acids is 1. The molecule has 0 unspecified atom stereocenters. The van der Waals surface area contributed by atoms with Gasteiger partial charge in [-0.3, -0.25) is 0 Å². The Balaban J connectivity index is 1.20. The minimum Gasteiger partial charge on any atom is -0.374 e. The Hall–Kier alpha value is -3.21. The molecule has 2 aliphatic rings. The fraction of sp³-hybridized carbons (Fsp3) is 0.320. The Bertz CT molecular complexity index is 778. The molecule has 0 bridgehead atoms. The molecule has 0 saturated carbocycles. The smallest absolute Gasteiger partial charge is 0.320 e. The van der Waals surface area contributed by atoms with E-state index in [1.54, 1.807) is 0 Å². The van der Waals surface area contributed by atoms with Crippen LogP contribution in [0.4, 0.5) is 4.79 Å². The van der Waals surface area contributed by atoms with Crippen LogP contribution in [0.25, 0.3) is 12.2 Å². The summed E-state index contributed by atoms with van der Waals surface area (Å²) in [6, 6.07) is 20.9. The first kappa shape index (κ1) is 20.1. The minimum absolute atomic E-state index is 0.188. The monoisotopic (exact) mass is 402 g/mol. The van der Waals surface area contributed by atoms with E-state index >= 15 is 0 Å². The lowest BCUT2D eigenvalue weighted by molar-refractivity contribution is 0.110. The highest BCUT2D eigenvalue weighted by molar-refractivity contribution is 5.74. The summed E-state index contributed by atoms with van der Waals surface area (Å²) in [5.41, 5.74) is 2.41. The van der Waals surface area contributed by atoms with Gasteiger partial charge in [0.05, 0.1) is 0 Å². The second kappa shape index (κ2) is 10.0. The molecule has 4 rings (SSSR count). The molecule has 2 aromatic rings. The molecule has 5 nitrogen and oxygen atoms in total. The predicted molar refractivity (Wildman–Crippen MR) is 123 cm³/mol. The Morgan fingerprint density at radius 3 is 1.30 bits per heavy atom. The van der Waals surface area contributed by atoms with Gasteiger partial charge in [0.25, 0.3) is 0 Å². The fourth-order valence-electron chi connectivity index (χ4n) is 3.84. The summed E-state index contributed by atoms with van der Waals surface area (Å²) in [7, 11) is 0. The lowest BCUT2D eigenvalue weighted by Gasteiger charge is -2.40. The molecule has 156 valence electrons. The van der Waals surface area contributed by atoms with Crippen LogP contribution in [0.1, 0.15) is 11.1 Å². The quantitative estimate of drug-likeness (QED) is 0.781. The van der Waals surface area contributed by atoms with E-state index < -0.39 is 0 Å². The van der Waals surface area contributed by atoms with Crippen molar-refractivity contribution in [2.24, 2.45) is 0 Å². The lowest BCUT2D eigenvalue weighted by atomic mass is 10.2. The van der Waals surface area contributed by atoms with Gasteiger partial charge in [0.2, 0.25) is 0 Å². The van der Waals surface area contributed by atoms with Crippen LogP contribution < -0.4 is 0 Å². The predicted octanol–water partition coefficient (Wildman–Crippen LogP) is 3.68. The fourth-order valence-corrected chi connectivity index (χ4v) is 3.84. The molecule has 0 aliphatic carbocycles. The van der Waals surface area contributed by atoms with Gasteiger partial charge < -0.3 is 19.6 Å². The average Bonchev–Trinajstić information content (AvgIpc) is 2.83. The molecule has 2 aromatic carbocycles. The third-order valence-corrected chi connectivity index (χ3v) is 5.72. The summed E-state index contributed by atoms with van der Waals surface area (Å²) >= 11 is 0. The summed E-state index contributed by atoms with van der Waals surface area (Å²) in [6.07, 6.45) is 8.57. The molecule has 0 N–H and O–H groups in total. The molecule has 2 amide bonds. The maximum absolute atomic E-state index is 12.9. The number of urea groups is 1. The van der Waals surface area contributed by atoms with Gasteiger partial charge in [0.15, 0.2) is 0 Å². The van der Waals surface area contributed by atoms with Gasteiger partial charge in [0, 0.05) is 52.4 Å². The van der Waals surface area contributed by atoms with E-state index in [-0.39, 0.29) is 6.03 Å². The average molecular weight is 403 g/mol. The third kappa shape index (κ3) is 5.44. The summed E-state index contributed by atoms with van der Waals surface area (Å²) in [5, 5.41) is 0. The normalized spacial score (nSPS) is 17.9. The number of carbonyl (C=O) groups is 1.